The first kappa shape index (κ1) is 29.3. The minimum atomic E-state index is -4.11. The average molecular weight is 604 g/mol. The first-order valence-corrected chi connectivity index (χ1v) is 15.3. The number of halogens is 4. The standard InChI is InChI=1S/C26H33ClF3N5O4S/c27-21-13-22-20(23(33-38)25(37)32-22)12-19(21)24(36)31-16-10-17-2-3-18(11-16)35(17)40(39)14-15-4-8-34(9-5-15)7-1-6-26(28,29)30/h12-13,15-18,32,37H,1-11,14H2,(H,31,36). The van der Waals surface area contributed by atoms with Gasteiger partial charge in [-0.15, -0.1) is 4.91 Å². The number of nitrogens with zero attached hydrogens (tertiary/aromatic N) is 3. The normalized spacial score (nSPS) is 25.4. The molecule has 5 rings (SSSR count). The van der Waals surface area contributed by atoms with E-state index in [0.717, 1.165) is 38.8 Å². The largest absolute Gasteiger partial charge is 0.493 e. The Bertz CT molecular complexity index is 1270. The number of carbonyl (C=O) groups is 1. The summed E-state index contributed by atoms with van der Waals surface area (Å²) in [5, 5.41) is 16.2. The number of amides is 1. The van der Waals surface area contributed by atoms with Crippen molar-refractivity contribution in [1.29, 1.82) is 0 Å². The monoisotopic (exact) mass is 603 g/mol. The molecule has 9 nitrogen and oxygen atoms in total. The first-order valence-electron chi connectivity index (χ1n) is 13.7. The predicted octanol–water partition coefficient (Wildman–Crippen LogP) is 5.37. The van der Waals surface area contributed by atoms with Gasteiger partial charge in [-0.1, -0.05) is 11.6 Å². The molecular formula is C26H33ClF3N5O4S. The van der Waals surface area contributed by atoms with E-state index in [1.807, 2.05) is 0 Å². The number of fused-ring (bicyclic) bond motifs is 3. The Kier molecular flexibility index (Phi) is 8.74. The molecule has 1 aromatic heterocycles. The third-order valence-electron chi connectivity index (χ3n) is 8.43. The molecule has 3 saturated heterocycles. The van der Waals surface area contributed by atoms with Crippen LogP contribution in [0.3, 0.4) is 0 Å². The molecule has 3 aliphatic rings. The topological polar surface area (TPSA) is 118 Å². The van der Waals surface area contributed by atoms with E-state index in [2.05, 4.69) is 24.7 Å². The Labute approximate surface area is 237 Å². The molecule has 3 fully saturated rings. The maximum atomic E-state index is 13.4. The maximum absolute atomic E-state index is 13.4. The van der Waals surface area contributed by atoms with Crippen molar-refractivity contribution in [2.24, 2.45) is 11.1 Å². The second-order valence-electron chi connectivity index (χ2n) is 11.2. The number of nitroso groups, excluding NO2 is 1. The number of aromatic hydroxyl groups is 1. The van der Waals surface area contributed by atoms with Crippen molar-refractivity contribution in [3.63, 3.8) is 0 Å². The Morgan fingerprint density at radius 3 is 2.48 bits per heavy atom. The van der Waals surface area contributed by atoms with Crippen molar-refractivity contribution >= 4 is 45.1 Å². The van der Waals surface area contributed by atoms with Gasteiger partial charge in [0, 0.05) is 35.7 Å². The van der Waals surface area contributed by atoms with Gasteiger partial charge in [-0.25, -0.2) is 8.51 Å². The highest BCUT2D eigenvalue weighted by atomic mass is 35.5. The van der Waals surface area contributed by atoms with Crippen LogP contribution < -0.4 is 5.32 Å². The summed E-state index contributed by atoms with van der Waals surface area (Å²) in [5.41, 5.74) is 0.400. The van der Waals surface area contributed by atoms with Gasteiger partial charge in [0.15, 0.2) is 5.69 Å². The SMILES string of the molecule is O=Nc1c(O)[nH]c2cc(Cl)c(C(=O)NC3CC4CCC(C3)N4S(=O)CC3CCN(CCCC(F)(F)F)CC3)cc12. The molecule has 0 spiro atoms. The van der Waals surface area contributed by atoms with E-state index in [1.165, 1.54) is 12.1 Å². The number of alkyl halides is 3. The molecule has 14 heteroatoms. The van der Waals surface area contributed by atoms with Gasteiger partial charge in [0.2, 0.25) is 5.88 Å². The number of hydrogen-bond donors (Lipinski definition) is 3. The zero-order valence-corrected chi connectivity index (χ0v) is 23.5. The van der Waals surface area contributed by atoms with Crippen LogP contribution in [-0.2, 0) is 11.0 Å². The molecular weight excluding hydrogens is 571 g/mol. The molecule has 3 atom stereocenters. The molecule has 2 aromatic rings. The van der Waals surface area contributed by atoms with Gasteiger partial charge in [0.05, 0.1) is 27.1 Å². The lowest BCUT2D eigenvalue weighted by molar-refractivity contribution is -0.136. The third kappa shape index (κ3) is 6.47. The number of carbonyl (C=O) groups excluding carboxylic acids is 1. The zero-order valence-electron chi connectivity index (χ0n) is 21.9. The van der Waals surface area contributed by atoms with Crippen LogP contribution in [0.15, 0.2) is 17.3 Å². The van der Waals surface area contributed by atoms with Crippen molar-refractivity contribution in [1.82, 2.24) is 19.5 Å². The molecule has 3 unspecified atom stereocenters. The second-order valence-corrected chi connectivity index (χ2v) is 13.0. The lowest BCUT2D eigenvalue weighted by atomic mass is 9.99. The summed E-state index contributed by atoms with van der Waals surface area (Å²) in [7, 11) is -1.15. The van der Waals surface area contributed by atoms with Crippen LogP contribution in [0.4, 0.5) is 18.9 Å². The Morgan fingerprint density at radius 1 is 1.18 bits per heavy atom. The fourth-order valence-corrected chi connectivity index (χ4v) is 8.67. The summed E-state index contributed by atoms with van der Waals surface area (Å²) in [6.45, 7) is 1.92. The van der Waals surface area contributed by atoms with Gasteiger partial charge in [-0.05, 0) is 87.8 Å². The Morgan fingerprint density at radius 2 is 1.85 bits per heavy atom. The number of likely N-dealkylation sites (tertiary alicyclic amines) is 1. The Hall–Kier alpha value is -2.22. The van der Waals surface area contributed by atoms with Crippen molar-refractivity contribution in [2.45, 2.75) is 75.7 Å². The smallest absolute Gasteiger partial charge is 0.389 e. The van der Waals surface area contributed by atoms with Crippen molar-refractivity contribution in [2.75, 3.05) is 25.4 Å². The van der Waals surface area contributed by atoms with Crippen molar-refractivity contribution < 1.29 is 27.3 Å². The molecule has 0 radical (unpaired) electrons. The summed E-state index contributed by atoms with van der Waals surface area (Å²) in [5.74, 6) is 0.0757. The van der Waals surface area contributed by atoms with Crippen molar-refractivity contribution in [3.8, 4) is 5.88 Å². The highest BCUT2D eigenvalue weighted by Gasteiger charge is 2.44. The van der Waals surface area contributed by atoms with E-state index in [4.69, 9.17) is 11.6 Å². The van der Waals surface area contributed by atoms with Gasteiger partial charge in [0.25, 0.3) is 5.91 Å². The molecule has 40 heavy (non-hydrogen) atoms. The zero-order chi connectivity index (χ0) is 28.6. The van der Waals surface area contributed by atoms with Crippen LogP contribution in [0.25, 0.3) is 10.9 Å². The van der Waals surface area contributed by atoms with E-state index in [1.54, 1.807) is 0 Å². The molecule has 1 amide bonds. The van der Waals surface area contributed by atoms with Crippen LogP contribution in [0.5, 0.6) is 5.88 Å². The van der Waals surface area contributed by atoms with E-state index < -0.39 is 23.6 Å². The number of H-pyrrole nitrogens is 1. The van der Waals surface area contributed by atoms with E-state index >= 15 is 0 Å². The third-order valence-corrected chi connectivity index (χ3v) is 10.6. The van der Waals surface area contributed by atoms with Gasteiger partial charge in [-0.2, -0.15) is 13.2 Å². The van der Waals surface area contributed by atoms with E-state index in [9.17, 15) is 32.2 Å². The van der Waals surface area contributed by atoms with Gasteiger partial charge in [0.1, 0.15) is 0 Å². The van der Waals surface area contributed by atoms with E-state index in [0.29, 0.717) is 36.0 Å². The molecule has 1 aromatic carbocycles. The molecule has 3 aliphatic heterocycles. The number of rotatable bonds is 9. The predicted molar refractivity (Wildman–Crippen MR) is 147 cm³/mol. The van der Waals surface area contributed by atoms with Gasteiger partial charge < -0.3 is 20.3 Å². The number of aromatic amines is 1. The summed E-state index contributed by atoms with van der Waals surface area (Å²) in [6, 6.07) is 2.99. The summed E-state index contributed by atoms with van der Waals surface area (Å²) < 4.78 is 52.8. The Balaban J connectivity index is 1.13. The number of aromatic nitrogens is 1. The highest BCUT2D eigenvalue weighted by molar-refractivity contribution is 7.82. The summed E-state index contributed by atoms with van der Waals surface area (Å²) in [6.07, 6.45) is 0.0642. The van der Waals surface area contributed by atoms with Crippen LogP contribution >= 0.6 is 11.6 Å². The van der Waals surface area contributed by atoms with Crippen LogP contribution in [0.2, 0.25) is 5.02 Å². The maximum Gasteiger partial charge on any atom is 0.389 e. The molecule has 3 N–H and O–H groups in total. The molecule has 4 heterocycles. The molecule has 0 aliphatic carbocycles. The average Bonchev–Trinajstić information content (AvgIpc) is 3.34. The molecule has 2 bridgehead atoms. The van der Waals surface area contributed by atoms with Crippen molar-refractivity contribution in [3.05, 3.63) is 27.6 Å². The van der Waals surface area contributed by atoms with Crippen LogP contribution in [0.1, 0.15) is 61.7 Å². The number of benzene rings is 1. The highest BCUT2D eigenvalue weighted by Crippen LogP contribution is 2.39. The van der Waals surface area contributed by atoms with Gasteiger partial charge >= 0.3 is 6.18 Å². The minimum absolute atomic E-state index is 0.0952. The fraction of sp³-hybridized carbons (Fsp3) is 0.654. The van der Waals surface area contributed by atoms with Crippen LogP contribution in [-0.4, -0.2) is 79.1 Å². The molecule has 0 saturated carbocycles. The van der Waals surface area contributed by atoms with Gasteiger partial charge in [-0.3, -0.25) is 4.79 Å². The minimum Gasteiger partial charge on any atom is -0.493 e. The summed E-state index contributed by atoms with van der Waals surface area (Å²) >= 11 is 6.33. The second kappa shape index (κ2) is 11.9. The lowest BCUT2D eigenvalue weighted by Gasteiger charge is -2.39. The van der Waals surface area contributed by atoms with E-state index in [-0.39, 0.29) is 58.5 Å². The lowest BCUT2D eigenvalue weighted by Crippen LogP contribution is -2.51. The fourth-order valence-electron chi connectivity index (χ4n) is 6.47. The number of hydrogen-bond acceptors (Lipinski definition) is 6. The molecule has 220 valence electrons. The van der Waals surface area contributed by atoms with Crippen LogP contribution in [0, 0.1) is 10.8 Å². The quantitative estimate of drug-likeness (QED) is 0.333. The number of piperidine rings is 2. The number of nitrogens with one attached hydrogen (secondary N) is 2. The first-order chi connectivity index (χ1) is 19.0. The summed E-state index contributed by atoms with van der Waals surface area (Å²) in [4.78, 5) is 28.9.